The molecule has 0 radical (unpaired) electrons. The first-order chi connectivity index (χ1) is 15.2. The maximum absolute atomic E-state index is 14.8. The van der Waals surface area contributed by atoms with Crippen LogP contribution in [0.4, 0.5) is 10.1 Å². The summed E-state index contributed by atoms with van der Waals surface area (Å²) >= 11 is 0. The molecule has 1 amide bonds. The van der Waals surface area contributed by atoms with Crippen molar-refractivity contribution < 1.29 is 23.8 Å². The van der Waals surface area contributed by atoms with E-state index in [1.165, 1.54) is 0 Å². The number of anilines is 1. The van der Waals surface area contributed by atoms with Crippen molar-refractivity contribution in [1.29, 1.82) is 0 Å². The number of halogens is 1. The first-order valence-corrected chi connectivity index (χ1v) is 11.2. The predicted octanol–water partition coefficient (Wildman–Crippen LogP) is 5.03. The number of benzene rings is 2. The Bertz CT molecular complexity index is 876. The summed E-state index contributed by atoms with van der Waals surface area (Å²) in [5, 5.41) is 12.2. The Morgan fingerprint density at radius 1 is 1.09 bits per heavy atom. The molecule has 3 rings (SSSR count). The molecule has 0 aliphatic carbocycles. The zero-order chi connectivity index (χ0) is 23.3. The fourth-order valence-electron chi connectivity index (χ4n) is 4.79. The van der Waals surface area contributed by atoms with Crippen LogP contribution in [0.25, 0.3) is 0 Å². The molecule has 5 nitrogen and oxygen atoms in total. The van der Waals surface area contributed by atoms with Crippen molar-refractivity contribution in [3.05, 3.63) is 59.7 Å². The van der Waals surface area contributed by atoms with E-state index >= 15 is 0 Å². The lowest BCUT2D eigenvalue weighted by Crippen LogP contribution is -2.37. The molecule has 0 unspecified atom stereocenters. The number of carbonyl (C=O) groups excluding carboxylic acids is 1. The highest BCUT2D eigenvalue weighted by Gasteiger charge is 2.48. The van der Waals surface area contributed by atoms with Crippen LogP contribution in [0.3, 0.4) is 0 Å². The lowest BCUT2D eigenvalue weighted by atomic mass is 9.77. The van der Waals surface area contributed by atoms with Gasteiger partial charge in [-0.05, 0) is 81.0 Å². The molecule has 0 bridgehead atoms. The monoisotopic (exact) mass is 443 g/mol. The van der Waals surface area contributed by atoms with Gasteiger partial charge in [0.2, 0.25) is 0 Å². The van der Waals surface area contributed by atoms with E-state index in [1.54, 1.807) is 45.2 Å². The number of methoxy groups -OCH3 is 1. The standard InChI is InChI=1S/C26H34FNO4/c1-17-22(32-23(15-16-29)24(17)26(2,3)27)14-7-18-5-10-20(11-6-18)28-25(30)19-8-12-21(31-4)13-9-19/h5-6,8-13,17,22-24,29H,7,14-16H2,1-4H3,(H,28,30)/t17-,22+,23-,24+/m1/s1. The highest BCUT2D eigenvalue weighted by Crippen LogP contribution is 2.43. The number of aryl methyl sites for hydroxylation is 1. The molecule has 1 heterocycles. The van der Waals surface area contributed by atoms with E-state index < -0.39 is 5.67 Å². The smallest absolute Gasteiger partial charge is 0.255 e. The van der Waals surface area contributed by atoms with Crippen molar-refractivity contribution in [1.82, 2.24) is 0 Å². The van der Waals surface area contributed by atoms with Gasteiger partial charge in [0, 0.05) is 23.8 Å². The molecule has 32 heavy (non-hydrogen) atoms. The maximum Gasteiger partial charge on any atom is 0.255 e. The molecule has 0 saturated carbocycles. The van der Waals surface area contributed by atoms with E-state index in [1.807, 2.05) is 31.2 Å². The number of hydrogen-bond donors (Lipinski definition) is 2. The molecular formula is C26H34FNO4. The Hall–Kier alpha value is -2.44. The Morgan fingerprint density at radius 3 is 2.31 bits per heavy atom. The van der Waals surface area contributed by atoms with Gasteiger partial charge in [-0.3, -0.25) is 4.79 Å². The molecule has 174 valence electrons. The van der Waals surface area contributed by atoms with Crippen LogP contribution in [0.2, 0.25) is 0 Å². The lowest BCUT2D eigenvalue weighted by molar-refractivity contribution is -0.00839. The zero-order valence-corrected chi connectivity index (χ0v) is 19.3. The van der Waals surface area contributed by atoms with Crippen LogP contribution >= 0.6 is 0 Å². The molecule has 0 spiro atoms. The van der Waals surface area contributed by atoms with E-state index in [-0.39, 0.29) is 36.6 Å². The molecule has 1 aliphatic rings. The second-order valence-electron chi connectivity index (χ2n) is 9.09. The van der Waals surface area contributed by atoms with Crippen molar-refractivity contribution >= 4 is 11.6 Å². The minimum absolute atomic E-state index is 0.000392. The average Bonchev–Trinajstić information content (AvgIpc) is 3.08. The van der Waals surface area contributed by atoms with Crippen molar-refractivity contribution in [2.24, 2.45) is 11.8 Å². The van der Waals surface area contributed by atoms with E-state index in [4.69, 9.17) is 9.47 Å². The molecule has 2 aromatic rings. The summed E-state index contributed by atoms with van der Waals surface area (Å²) in [4.78, 5) is 12.4. The first-order valence-electron chi connectivity index (χ1n) is 11.2. The number of aliphatic hydroxyl groups is 1. The van der Waals surface area contributed by atoms with Crippen LogP contribution < -0.4 is 10.1 Å². The number of amides is 1. The molecule has 4 atom stereocenters. The Morgan fingerprint density at radius 2 is 1.75 bits per heavy atom. The zero-order valence-electron chi connectivity index (χ0n) is 19.3. The first kappa shape index (κ1) is 24.2. The summed E-state index contributed by atoms with van der Waals surface area (Å²) in [5.74, 6) is 0.378. The number of alkyl halides is 1. The molecule has 0 aromatic heterocycles. The van der Waals surface area contributed by atoms with Crippen molar-refractivity contribution in [2.45, 2.75) is 57.9 Å². The number of aliphatic hydroxyl groups excluding tert-OH is 1. The quantitative estimate of drug-likeness (QED) is 0.570. The van der Waals surface area contributed by atoms with Gasteiger partial charge >= 0.3 is 0 Å². The summed E-state index contributed by atoms with van der Waals surface area (Å²) in [6.45, 7) is 5.25. The third-order valence-electron chi connectivity index (χ3n) is 6.39. The molecule has 6 heteroatoms. The fourth-order valence-corrected chi connectivity index (χ4v) is 4.79. The third-order valence-corrected chi connectivity index (χ3v) is 6.39. The molecule has 2 aromatic carbocycles. The fraction of sp³-hybridized carbons (Fsp3) is 0.500. The van der Waals surface area contributed by atoms with Crippen LogP contribution in [0.1, 0.15) is 49.5 Å². The normalized spacial score (nSPS) is 23.2. The number of nitrogens with one attached hydrogen (secondary N) is 1. The summed E-state index contributed by atoms with van der Waals surface area (Å²) in [7, 11) is 1.59. The van der Waals surface area contributed by atoms with E-state index in [2.05, 4.69) is 5.32 Å². The second-order valence-corrected chi connectivity index (χ2v) is 9.09. The Labute approximate surface area is 189 Å². The summed E-state index contributed by atoms with van der Waals surface area (Å²) in [5.41, 5.74) is 1.06. The molecule has 1 saturated heterocycles. The van der Waals surface area contributed by atoms with Crippen LogP contribution in [0, 0.1) is 11.8 Å². The van der Waals surface area contributed by atoms with Gasteiger partial charge in [0.05, 0.1) is 19.3 Å². The highest BCUT2D eigenvalue weighted by molar-refractivity contribution is 6.04. The van der Waals surface area contributed by atoms with Crippen LogP contribution in [0.15, 0.2) is 48.5 Å². The van der Waals surface area contributed by atoms with Crippen molar-refractivity contribution in [3.63, 3.8) is 0 Å². The minimum atomic E-state index is -1.35. The number of rotatable bonds is 9. The molecule has 2 N–H and O–H groups in total. The Balaban J connectivity index is 1.56. The molecule has 1 fully saturated rings. The minimum Gasteiger partial charge on any atom is -0.497 e. The average molecular weight is 444 g/mol. The summed E-state index contributed by atoms with van der Waals surface area (Å²) in [6.07, 6.45) is 1.75. The van der Waals surface area contributed by atoms with Crippen molar-refractivity contribution in [3.8, 4) is 5.75 Å². The predicted molar refractivity (Wildman–Crippen MR) is 124 cm³/mol. The van der Waals surface area contributed by atoms with E-state index in [9.17, 15) is 14.3 Å². The molecular weight excluding hydrogens is 409 g/mol. The van der Waals surface area contributed by atoms with Gasteiger partial charge in [0.25, 0.3) is 5.91 Å². The van der Waals surface area contributed by atoms with Gasteiger partial charge < -0.3 is 19.9 Å². The highest BCUT2D eigenvalue weighted by atomic mass is 19.1. The van der Waals surface area contributed by atoms with Gasteiger partial charge in [-0.2, -0.15) is 0 Å². The summed E-state index contributed by atoms with van der Waals surface area (Å²) < 4.78 is 26.0. The largest absolute Gasteiger partial charge is 0.497 e. The van der Waals surface area contributed by atoms with E-state index in [0.29, 0.717) is 17.7 Å². The maximum atomic E-state index is 14.8. The van der Waals surface area contributed by atoms with Gasteiger partial charge in [0.1, 0.15) is 11.4 Å². The van der Waals surface area contributed by atoms with Gasteiger partial charge in [0.15, 0.2) is 0 Å². The van der Waals surface area contributed by atoms with Crippen LogP contribution in [-0.2, 0) is 11.2 Å². The van der Waals surface area contributed by atoms with Crippen LogP contribution in [-0.4, -0.2) is 42.6 Å². The van der Waals surface area contributed by atoms with E-state index in [0.717, 1.165) is 24.1 Å². The Kier molecular flexibility index (Phi) is 7.91. The van der Waals surface area contributed by atoms with Gasteiger partial charge in [-0.15, -0.1) is 0 Å². The number of carbonyl (C=O) groups is 1. The van der Waals surface area contributed by atoms with Gasteiger partial charge in [-0.1, -0.05) is 19.1 Å². The van der Waals surface area contributed by atoms with Crippen LogP contribution in [0.5, 0.6) is 5.75 Å². The topological polar surface area (TPSA) is 67.8 Å². The molecule has 1 aliphatic heterocycles. The third kappa shape index (κ3) is 5.87. The SMILES string of the molecule is COc1ccc(C(=O)Nc2ccc(CC[C@@H]3O[C@H](CCO)[C@@H](C(C)(C)F)[C@@H]3C)cc2)cc1. The number of ether oxygens (including phenoxy) is 2. The van der Waals surface area contributed by atoms with Gasteiger partial charge in [-0.25, -0.2) is 4.39 Å². The lowest BCUT2D eigenvalue weighted by Gasteiger charge is -2.30. The van der Waals surface area contributed by atoms with Crippen molar-refractivity contribution in [2.75, 3.05) is 19.0 Å². The number of hydrogen-bond acceptors (Lipinski definition) is 4. The summed E-state index contributed by atoms with van der Waals surface area (Å²) in [6, 6.07) is 14.7. The second kappa shape index (κ2) is 10.5.